The number of carbonyl (C=O) groups is 1. The molecule has 0 aliphatic heterocycles. The molecule has 0 radical (unpaired) electrons. The van der Waals surface area contributed by atoms with Gasteiger partial charge in [0.25, 0.3) is 0 Å². The van der Waals surface area contributed by atoms with Gasteiger partial charge in [-0.3, -0.25) is 4.79 Å². The molecule has 0 N–H and O–H groups in total. The fraction of sp³-hybridized carbons (Fsp3) is 0.889. The summed E-state index contributed by atoms with van der Waals surface area (Å²) in [6.45, 7) is 6.53. The molecule has 3 nitrogen and oxygen atoms in total. The minimum atomic E-state index is -0.310. The quantitative estimate of drug-likeness (QED) is 0.608. The number of ether oxygens (including phenoxy) is 2. The monoisotopic (exact) mass is 174 g/mol. The van der Waals surface area contributed by atoms with Crippen LogP contribution in [0.15, 0.2) is 0 Å². The van der Waals surface area contributed by atoms with Crippen LogP contribution in [0.4, 0.5) is 0 Å². The van der Waals surface area contributed by atoms with E-state index in [0.717, 1.165) is 0 Å². The van der Waals surface area contributed by atoms with Crippen LogP contribution in [0.25, 0.3) is 0 Å². The molecule has 0 aromatic heterocycles. The highest BCUT2D eigenvalue weighted by Crippen LogP contribution is 2.07. The van der Waals surface area contributed by atoms with E-state index in [1.54, 1.807) is 0 Å². The van der Waals surface area contributed by atoms with Gasteiger partial charge in [-0.2, -0.15) is 0 Å². The van der Waals surface area contributed by atoms with Gasteiger partial charge >= 0.3 is 0 Å². The van der Waals surface area contributed by atoms with E-state index in [2.05, 4.69) is 0 Å². The zero-order valence-electron chi connectivity index (χ0n) is 8.29. The second-order valence-corrected chi connectivity index (χ2v) is 3.02. The maximum atomic E-state index is 11.3. The van der Waals surface area contributed by atoms with Crippen LogP contribution in [-0.4, -0.2) is 32.2 Å². The number of ketones is 1. The number of carbonyl (C=O) groups excluding carboxylic acids is 1. The third kappa shape index (κ3) is 3.83. The largest absolute Gasteiger partial charge is 0.377 e. The Morgan fingerprint density at radius 3 is 2.33 bits per heavy atom. The molecule has 0 heterocycles. The summed E-state index contributed by atoms with van der Waals surface area (Å²) in [7, 11) is 1.52. The normalized spacial score (nSPS) is 13.4. The van der Waals surface area contributed by atoms with Crippen LogP contribution in [0.5, 0.6) is 0 Å². The van der Waals surface area contributed by atoms with Crippen molar-refractivity contribution in [2.45, 2.75) is 26.9 Å². The van der Waals surface area contributed by atoms with Crippen molar-refractivity contribution < 1.29 is 14.3 Å². The Hall–Kier alpha value is -0.410. The molecule has 12 heavy (non-hydrogen) atoms. The average Bonchev–Trinajstić information content (AvgIpc) is 1.99. The molecule has 3 heteroatoms. The third-order valence-electron chi connectivity index (χ3n) is 1.56. The summed E-state index contributed by atoms with van der Waals surface area (Å²) in [5, 5.41) is 0. The lowest BCUT2D eigenvalue weighted by atomic mass is 10.0. The van der Waals surface area contributed by atoms with Gasteiger partial charge in [-0.05, 0) is 12.8 Å². The van der Waals surface area contributed by atoms with Crippen molar-refractivity contribution in [1.82, 2.24) is 0 Å². The number of methoxy groups -OCH3 is 1. The van der Waals surface area contributed by atoms with Crippen molar-refractivity contribution in [2.75, 3.05) is 20.3 Å². The van der Waals surface area contributed by atoms with Gasteiger partial charge in [-0.15, -0.1) is 0 Å². The van der Waals surface area contributed by atoms with Crippen LogP contribution < -0.4 is 0 Å². The molecule has 0 saturated heterocycles. The lowest BCUT2D eigenvalue weighted by molar-refractivity contribution is -0.136. The zero-order valence-corrected chi connectivity index (χ0v) is 8.29. The van der Waals surface area contributed by atoms with Crippen molar-refractivity contribution in [3.8, 4) is 0 Å². The van der Waals surface area contributed by atoms with Crippen molar-refractivity contribution in [3.05, 3.63) is 0 Å². The lowest BCUT2D eigenvalue weighted by Crippen LogP contribution is -2.32. The molecular formula is C9H18O3. The van der Waals surface area contributed by atoms with E-state index in [9.17, 15) is 4.79 Å². The number of rotatable bonds is 6. The minimum Gasteiger partial charge on any atom is -0.377 e. The Morgan fingerprint density at radius 1 is 1.42 bits per heavy atom. The molecule has 0 aliphatic rings. The smallest absolute Gasteiger partial charge is 0.187 e. The van der Waals surface area contributed by atoms with E-state index >= 15 is 0 Å². The highest BCUT2D eigenvalue weighted by atomic mass is 16.5. The van der Waals surface area contributed by atoms with Gasteiger partial charge in [0.2, 0.25) is 0 Å². The van der Waals surface area contributed by atoms with Crippen molar-refractivity contribution in [3.63, 3.8) is 0 Å². The number of hydrogen-bond acceptors (Lipinski definition) is 3. The first-order valence-electron chi connectivity index (χ1n) is 4.26. The Bertz CT molecular complexity index is 132. The van der Waals surface area contributed by atoms with E-state index in [1.165, 1.54) is 7.11 Å². The number of hydrogen-bond donors (Lipinski definition) is 0. The Morgan fingerprint density at radius 2 is 2.00 bits per heavy atom. The van der Waals surface area contributed by atoms with Crippen LogP contribution in [-0.2, 0) is 14.3 Å². The van der Waals surface area contributed by atoms with Gasteiger partial charge < -0.3 is 9.47 Å². The van der Waals surface area contributed by atoms with Crippen molar-refractivity contribution in [1.29, 1.82) is 0 Å². The molecule has 0 saturated carbocycles. The Labute approximate surface area is 74.0 Å². The van der Waals surface area contributed by atoms with Crippen LogP contribution in [0.2, 0.25) is 0 Å². The fourth-order valence-electron chi connectivity index (χ4n) is 1.06. The van der Waals surface area contributed by atoms with E-state index in [1.807, 2.05) is 20.8 Å². The maximum absolute atomic E-state index is 11.3. The van der Waals surface area contributed by atoms with Crippen LogP contribution in [0, 0.1) is 5.92 Å². The highest BCUT2D eigenvalue weighted by Gasteiger charge is 2.21. The predicted octanol–water partition coefficient (Wildman–Crippen LogP) is 1.26. The first-order valence-corrected chi connectivity index (χ1v) is 4.26. The summed E-state index contributed by atoms with van der Waals surface area (Å²) in [5.74, 6) is 0.238. The molecule has 0 aromatic carbocycles. The van der Waals surface area contributed by atoms with E-state index < -0.39 is 0 Å². The van der Waals surface area contributed by atoms with Crippen LogP contribution in [0.1, 0.15) is 20.8 Å². The molecule has 72 valence electrons. The minimum absolute atomic E-state index is 0.0225. The molecule has 0 aromatic rings. The summed E-state index contributed by atoms with van der Waals surface area (Å²) in [6.07, 6.45) is -0.310. The van der Waals surface area contributed by atoms with E-state index in [4.69, 9.17) is 9.47 Å². The van der Waals surface area contributed by atoms with Gasteiger partial charge in [0.05, 0.1) is 0 Å². The van der Waals surface area contributed by atoms with Crippen LogP contribution in [0.3, 0.4) is 0 Å². The van der Waals surface area contributed by atoms with Gasteiger partial charge in [-0.25, -0.2) is 0 Å². The van der Waals surface area contributed by atoms with E-state index in [0.29, 0.717) is 6.61 Å². The molecule has 0 fully saturated rings. The number of Topliss-reactive ketones (excluding diaryl/α,β-unsaturated/α-hetero) is 1. The molecule has 1 atom stereocenters. The molecule has 1 unspecified atom stereocenters. The molecule has 0 rings (SSSR count). The predicted molar refractivity (Wildman–Crippen MR) is 47.1 cm³/mol. The summed E-state index contributed by atoms with van der Waals surface area (Å²) in [5.41, 5.74) is 0. The molecule has 0 bridgehead atoms. The second kappa shape index (κ2) is 6.14. The molecule has 0 aliphatic carbocycles. The summed E-state index contributed by atoms with van der Waals surface area (Å²) < 4.78 is 10.0. The lowest BCUT2D eigenvalue weighted by Gasteiger charge is -2.18. The average molecular weight is 174 g/mol. The standard InChI is InChI=1S/C9H18O3/c1-5-12-9(7(2)3)8(10)6-11-4/h7,9H,5-6H2,1-4H3. The SMILES string of the molecule is CCOC(C(=O)COC)C(C)C. The van der Waals surface area contributed by atoms with Gasteiger partial charge in [0, 0.05) is 13.7 Å². The molecule has 0 amide bonds. The third-order valence-corrected chi connectivity index (χ3v) is 1.56. The Kier molecular flexibility index (Phi) is 5.93. The molecular weight excluding hydrogens is 156 g/mol. The highest BCUT2D eigenvalue weighted by molar-refractivity contribution is 5.84. The van der Waals surface area contributed by atoms with Gasteiger partial charge in [-0.1, -0.05) is 13.8 Å². The Balaban J connectivity index is 4.00. The van der Waals surface area contributed by atoms with Crippen molar-refractivity contribution in [2.24, 2.45) is 5.92 Å². The van der Waals surface area contributed by atoms with Gasteiger partial charge in [0.15, 0.2) is 5.78 Å². The molecule has 0 spiro atoms. The van der Waals surface area contributed by atoms with Crippen molar-refractivity contribution >= 4 is 5.78 Å². The fourth-order valence-corrected chi connectivity index (χ4v) is 1.06. The second-order valence-electron chi connectivity index (χ2n) is 3.02. The maximum Gasteiger partial charge on any atom is 0.187 e. The topological polar surface area (TPSA) is 35.5 Å². The van der Waals surface area contributed by atoms with E-state index in [-0.39, 0.29) is 24.4 Å². The zero-order chi connectivity index (χ0) is 9.56. The first kappa shape index (κ1) is 11.6. The van der Waals surface area contributed by atoms with Crippen LogP contribution >= 0.6 is 0 Å². The van der Waals surface area contributed by atoms with Gasteiger partial charge in [0.1, 0.15) is 12.7 Å². The summed E-state index contributed by atoms with van der Waals surface area (Å²) >= 11 is 0. The summed E-state index contributed by atoms with van der Waals surface area (Å²) in [6, 6.07) is 0. The first-order chi connectivity index (χ1) is 5.63. The summed E-state index contributed by atoms with van der Waals surface area (Å²) in [4.78, 5) is 11.3.